The van der Waals surface area contributed by atoms with Gasteiger partial charge in [0.25, 0.3) is 0 Å². The molecule has 2 aromatic rings. The van der Waals surface area contributed by atoms with E-state index in [9.17, 15) is 0 Å². The Morgan fingerprint density at radius 2 is 1.64 bits per heavy atom. The summed E-state index contributed by atoms with van der Waals surface area (Å²) in [6, 6.07) is 11.0. The van der Waals surface area contributed by atoms with E-state index >= 15 is 0 Å². The molecule has 0 N–H and O–H groups in total. The number of piperazine rings is 1. The molecular formula is C16H20Cl3N3. The average Bonchev–Trinajstić information content (AvgIpc) is 3.31. The van der Waals surface area contributed by atoms with Crippen molar-refractivity contribution in [1.29, 1.82) is 0 Å². The molecule has 0 radical (unpaired) electrons. The first-order chi connectivity index (χ1) is 9.79. The van der Waals surface area contributed by atoms with Crippen LogP contribution in [-0.4, -0.2) is 42.1 Å². The van der Waals surface area contributed by atoms with Crippen LogP contribution < -0.4 is 4.90 Å². The highest BCUT2D eigenvalue weighted by Crippen LogP contribution is 2.28. The standard InChI is InChI=1S/C16H18ClN3.2ClH/c17-13-3-1-12-2-6-16(18-15(12)11-13)20-9-7-19(8-10-20)14-4-5-14;;/h1-3,6,11,14H,4-5,7-10H2;2*1H. The van der Waals surface area contributed by atoms with Gasteiger partial charge in [-0.1, -0.05) is 17.7 Å². The molecule has 1 aromatic carbocycles. The van der Waals surface area contributed by atoms with Crippen LogP contribution in [0.2, 0.25) is 5.02 Å². The Kier molecular flexibility index (Phi) is 5.78. The zero-order valence-electron chi connectivity index (χ0n) is 12.2. The van der Waals surface area contributed by atoms with Gasteiger partial charge < -0.3 is 4.90 Å². The zero-order chi connectivity index (χ0) is 13.5. The minimum absolute atomic E-state index is 0. The fourth-order valence-corrected chi connectivity index (χ4v) is 3.18. The molecule has 1 aliphatic heterocycles. The average molecular weight is 361 g/mol. The smallest absolute Gasteiger partial charge is 0.129 e. The van der Waals surface area contributed by atoms with Crippen LogP contribution in [-0.2, 0) is 0 Å². The van der Waals surface area contributed by atoms with Crippen LogP contribution in [0.5, 0.6) is 0 Å². The minimum Gasteiger partial charge on any atom is -0.354 e. The van der Waals surface area contributed by atoms with Crippen LogP contribution in [0.1, 0.15) is 12.8 Å². The first-order valence-corrected chi connectivity index (χ1v) is 7.73. The molecule has 2 fully saturated rings. The fourth-order valence-electron chi connectivity index (χ4n) is 3.01. The van der Waals surface area contributed by atoms with Crippen molar-refractivity contribution < 1.29 is 0 Å². The highest BCUT2D eigenvalue weighted by Gasteiger charge is 2.31. The topological polar surface area (TPSA) is 19.4 Å². The lowest BCUT2D eigenvalue weighted by atomic mass is 10.2. The molecule has 1 aliphatic carbocycles. The molecule has 4 rings (SSSR count). The van der Waals surface area contributed by atoms with Crippen LogP contribution in [0.4, 0.5) is 5.82 Å². The Hall–Kier alpha value is -0.740. The van der Waals surface area contributed by atoms with Crippen molar-refractivity contribution >= 4 is 53.1 Å². The molecule has 0 spiro atoms. The predicted octanol–water partition coefficient (Wildman–Crippen LogP) is 4.02. The van der Waals surface area contributed by atoms with Crippen LogP contribution >= 0.6 is 36.4 Å². The Morgan fingerprint density at radius 3 is 2.32 bits per heavy atom. The highest BCUT2D eigenvalue weighted by atomic mass is 35.5. The molecular weight excluding hydrogens is 341 g/mol. The van der Waals surface area contributed by atoms with Crippen molar-refractivity contribution in [3.05, 3.63) is 35.4 Å². The molecule has 3 nitrogen and oxygen atoms in total. The number of hydrogen-bond acceptors (Lipinski definition) is 3. The molecule has 0 bridgehead atoms. The van der Waals surface area contributed by atoms with E-state index in [-0.39, 0.29) is 24.8 Å². The second kappa shape index (κ2) is 7.22. The van der Waals surface area contributed by atoms with Crippen molar-refractivity contribution in [3.8, 4) is 0 Å². The Labute approximate surface area is 148 Å². The monoisotopic (exact) mass is 359 g/mol. The van der Waals surface area contributed by atoms with Crippen LogP contribution in [0.25, 0.3) is 10.9 Å². The summed E-state index contributed by atoms with van der Waals surface area (Å²) in [6.45, 7) is 4.49. The van der Waals surface area contributed by atoms with Crippen molar-refractivity contribution in [2.24, 2.45) is 0 Å². The van der Waals surface area contributed by atoms with Crippen LogP contribution in [0, 0.1) is 0 Å². The second-order valence-corrected chi connectivity index (χ2v) is 6.20. The summed E-state index contributed by atoms with van der Waals surface area (Å²) in [6.07, 6.45) is 2.79. The second-order valence-electron chi connectivity index (χ2n) is 5.76. The van der Waals surface area contributed by atoms with Gasteiger partial charge in [0.05, 0.1) is 5.52 Å². The molecule has 0 atom stereocenters. The Balaban J connectivity index is 0.000000882. The number of pyridine rings is 1. The summed E-state index contributed by atoms with van der Waals surface area (Å²) < 4.78 is 0. The van der Waals surface area contributed by atoms with Gasteiger partial charge in [-0.05, 0) is 37.1 Å². The summed E-state index contributed by atoms with van der Waals surface area (Å²) >= 11 is 6.06. The quantitative estimate of drug-likeness (QED) is 0.806. The molecule has 6 heteroatoms. The number of halogens is 3. The van der Waals surface area contributed by atoms with Crippen LogP contribution in [0.15, 0.2) is 30.3 Å². The third kappa shape index (κ3) is 3.60. The summed E-state index contributed by atoms with van der Waals surface area (Å²) in [5.74, 6) is 1.08. The van der Waals surface area contributed by atoms with E-state index in [1.165, 1.54) is 25.9 Å². The van der Waals surface area contributed by atoms with Gasteiger partial charge in [-0.25, -0.2) is 4.98 Å². The number of fused-ring (bicyclic) bond motifs is 1. The number of aromatic nitrogens is 1. The normalized spacial score (nSPS) is 18.7. The lowest BCUT2D eigenvalue weighted by Crippen LogP contribution is -2.47. The molecule has 0 amide bonds. The maximum Gasteiger partial charge on any atom is 0.129 e. The van der Waals surface area contributed by atoms with E-state index in [0.29, 0.717) is 0 Å². The van der Waals surface area contributed by atoms with Crippen molar-refractivity contribution in [3.63, 3.8) is 0 Å². The maximum absolute atomic E-state index is 6.06. The summed E-state index contributed by atoms with van der Waals surface area (Å²) in [5, 5.41) is 1.90. The minimum atomic E-state index is 0. The summed E-state index contributed by atoms with van der Waals surface area (Å²) in [7, 11) is 0. The first kappa shape index (κ1) is 17.6. The molecule has 120 valence electrons. The molecule has 1 aromatic heterocycles. The SMILES string of the molecule is Cl.Cl.Clc1ccc2ccc(N3CCN(C4CC4)CC3)nc2c1. The number of rotatable bonds is 2. The molecule has 22 heavy (non-hydrogen) atoms. The van der Waals surface area contributed by atoms with E-state index in [1.54, 1.807) is 0 Å². The maximum atomic E-state index is 6.06. The van der Waals surface area contributed by atoms with Gasteiger partial charge in [-0.15, -0.1) is 24.8 Å². The Morgan fingerprint density at radius 1 is 0.955 bits per heavy atom. The van der Waals surface area contributed by atoms with Gasteiger partial charge in [0.2, 0.25) is 0 Å². The van der Waals surface area contributed by atoms with Gasteiger partial charge in [0, 0.05) is 42.6 Å². The number of benzene rings is 1. The highest BCUT2D eigenvalue weighted by molar-refractivity contribution is 6.31. The number of nitrogens with zero attached hydrogens (tertiary/aromatic N) is 3. The van der Waals surface area contributed by atoms with E-state index in [0.717, 1.165) is 40.9 Å². The lowest BCUT2D eigenvalue weighted by molar-refractivity contribution is 0.247. The number of anilines is 1. The largest absolute Gasteiger partial charge is 0.354 e. The molecule has 2 heterocycles. The number of hydrogen-bond donors (Lipinski definition) is 0. The van der Waals surface area contributed by atoms with E-state index < -0.39 is 0 Å². The van der Waals surface area contributed by atoms with Crippen molar-refractivity contribution in [1.82, 2.24) is 9.88 Å². The molecule has 0 unspecified atom stereocenters. The fraction of sp³-hybridized carbons (Fsp3) is 0.438. The van der Waals surface area contributed by atoms with Gasteiger partial charge in [-0.2, -0.15) is 0 Å². The van der Waals surface area contributed by atoms with E-state index in [2.05, 4.69) is 21.9 Å². The van der Waals surface area contributed by atoms with Crippen molar-refractivity contribution in [2.75, 3.05) is 31.1 Å². The van der Waals surface area contributed by atoms with Crippen molar-refractivity contribution in [2.45, 2.75) is 18.9 Å². The van der Waals surface area contributed by atoms with Gasteiger partial charge in [-0.3, -0.25) is 4.90 Å². The predicted molar refractivity (Wildman–Crippen MR) is 98.1 cm³/mol. The van der Waals surface area contributed by atoms with E-state index in [1.807, 2.05) is 18.2 Å². The molecule has 1 saturated heterocycles. The summed E-state index contributed by atoms with van der Waals surface area (Å²) in [5.41, 5.74) is 0.986. The molecule has 1 saturated carbocycles. The zero-order valence-corrected chi connectivity index (χ0v) is 14.6. The van der Waals surface area contributed by atoms with Gasteiger partial charge in [0.1, 0.15) is 5.82 Å². The van der Waals surface area contributed by atoms with E-state index in [4.69, 9.17) is 16.6 Å². The summed E-state index contributed by atoms with van der Waals surface area (Å²) in [4.78, 5) is 9.78. The van der Waals surface area contributed by atoms with Gasteiger partial charge >= 0.3 is 0 Å². The Bertz CT molecular complexity index is 638. The lowest BCUT2D eigenvalue weighted by Gasteiger charge is -2.35. The molecule has 2 aliphatic rings. The van der Waals surface area contributed by atoms with Gasteiger partial charge in [0.15, 0.2) is 0 Å². The third-order valence-electron chi connectivity index (χ3n) is 4.34. The van der Waals surface area contributed by atoms with Crippen LogP contribution in [0.3, 0.4) is 0 Å². The third-order valence-corrected chi connectivity index (χ3v) is 4.58. The first-order valence-electron chi connectivity index (χ1n) is 7.35.